The lowest BCUT2D eigenvalue weighted by molar-refractivity contribution is -0.157. The molecule has 9 nitrogen and oxygen atoms in total. The van der Waals surface area contributed by atoms with Crippen LogP contribution in [0.2, 0.25) is 0 Å². The first-order valence-electron chi connectivity index (χ1n) is 12.3. The zero-order valence-electron chi connectivity index (χ0n) is 20.6. The molecule has 1 aliphatic carbocycles. The molecule has 206 valence electrons. The van der Waals surface area contributed by atoms with Crippen LogP contribution in [0.25, 0.3) is 11.1 Å². The average molecular weight is 541 g/mol. The maximum atomic E-state index is 14.9. The van der Waals surface area contributed by atoms with E-state index in [0.717, 1.165) is 4.90 Å². The molecule has 2 aliphatic heterocycles. The van der Waals surface area contributed by atoms with E-state index in [2.05, 4.69) is 10.3 Å². The first-order valence-corrected chi connectivity index (χ1v) is 12.3. The van der Waals surface area contributed by atoms with Gasteiger partial charge in [0.15, 0.2) is 0 Å². The number of alkyl halides is 3. The van der Waals surface area contributed by atoms with Gasteiger partial charge in [-0.25, -0.2) is 9.18 Å². The number of anilines is 2. The first-order chi connectivity index (χ1) is 18.2. The maximum absolute atomic E-state index is 14.9. The number of urea groups is 1. The average Bonchev–Trinajstić information content (AvgIpc) is 3.65. The molecule has 0 spiro atoms. The number of hydrogen-bond acceptors (Lipinski definition) is 7. The summed E-state index contributed by atoms with van der Waals surface area (Å²) in [6, 6.07) is 4.22. The Labute approximate surface area is 216 Å². The van der Waals surface area contributed by atoms with Crippen LogP contribution in [0.5, 0.6) is 5.88 Å². The van der Waals surface area contributed by atoms with Crippen molar-refractivity contribution in [1.82, 2.24) is 9.88 Å². The molecule has 5 rings (SSSR count). The highest BCUT2D eigenvalue weighted by atomic mass is 19.4. The lowest BCUT2D eigenvalue weighted by Crippen LogP contribution is -2.44. The minimum atomic E-state index is -4.49. The SMILES string of the molecule is Cc1cc(F)c(NC(=O)N2CCOC3C2C3C(F)(F)F)cc1-c1cc(OCCO)nc(N2CCOCC2)c1. The summed E-state index contributed by atoms with van der Waals surface area (Å²) in [5.41, 5.74) is 1.61. The molecule has 3 heterocycles. The summed E-state index contributed by atoms with van der Waals surface area (Å²) < 4.78 is 71.0. The molecular formula is C25H28F4N4O5. The van der Waals surface area contributed by atoms with Crippen LogP contribution in [0.3, 0.4) is 0 Å². The van der Waals surface area contributed by atoms with Crippen molar-refractivity contribution in [3.8, 4) is 17.0 Å². The number of aryl methyl sites for hydroxylation is 1. The van der Waals surface area contributed by atoms with Crippen molar-refractivity contribution in [3.63, 3.8) is 0 Å². The molecule has 0 radical (unpaired) electrons. The molecule has 2 aromatic rings. The van der Waals surface area contributed by atoms with Crippen LogP contribution in [0, 0.1) is 18.7 Å². The fourth-order valence-electron chi connectivity index (χ4n) is 4.99. The van der Waals surface area contributed by atoms with E-state index >= 15 is 0 Å². The van der Waals surface area contributed by atoms with Crippen LogP contribution >= 0.6 is 0 Å². The molecule has 1 saturated carbocycles. The molecule has 1 aromatic heterocycles. The van der Waals surface area contributed by atoms with Crippen molar-refractivity contribution in [3.05, 3.63) is 35.6 Å². The van der Waals surface area contributed by atoms with Gasteiger partial charge in [-0.3, -0.25) is 0 Å². The molecular weight excluding hydrogens is 512 g/mol. The minimum Gasteiger partial charge on any atom is -0.475 e. The topological polar surface area (TPSA) is 96.4 Å². The molecule has 0 bridgehead atoms. The zero-order chi connectivity index (χ0) is 27.0. The highest BCUT2D eigenvalue weighted by Gasteiger charge is 2.69. The number of nitrogens with zero attached hydrogens (tertiary/aromatic N) is 3. The second kappa shape index (κ2) is 10.5. The highest BCUT2D eigenvalue weighted by molar-refractivity contribution is 5.91. The van der Waals surface area contributed by atoms with Gasteiger partial charge < -0.3 is 34.4 Å². The number of amides is 2. The Morgan fingerprint density at radius 1 is 1.18 bits per heavy atom. The zero-order valence-corrected chi connectivity index (χ0v) is 20.6. The van der Waals surface area contributed by atoms with Crippen molar-refractivity contribution >= 4 is 17.5 Å². The second-order valence-electron chi connectivity index (χ2n) is 9.39. The summed E-state index contributed by atoms with van der Waals surface area (Å²) in [5, 5.41) is 11.6. The number of morpholine rings is 2. The van der Waals surface area contributed by atoms with Gasteiger partial charge in [-0.15, -0.1) is 0 Å². The molecule has 2 N–H and O–H groups in total. The van der Waals surface area contributed by atoms with Gasteiger partial charge in [0.2, 0.25) is 5.88 Å². The van der Waals surface area contributed by atoms with Crippen LogP contribution in [0.1, 0.15) is 5.56 Å². The molecule has 38 heavy (non-hydrogen) atoms. The number of benzene rings is 1. The fourth-order valence-corrected chi connectivity index (χ4v) is 4.99. The number of fused-ring (bicyclic) bond motifs is 1. The van der Waals surface area contributed by atoms with Crippen LogP contribution in [0.4, 0.5) is 33.9 Å². The number of ether oxygens (including phenoxy) is 3. The molecule has 3 unspecified atom stereocenters. The number of carbonyl (C=O) groups is 1. The Hall–Kier alpha value is -3.16. The number of pyridine rings is 1. The molecule has 2 amide bonds. The Morgan fingerprint density at radius 2 is 1.95 bits per heavy atom. The van der Waals surface area contributed by atoms with E-state index in [0.29, 0.717) is 48.8 Å². The van der Waals surface area contributed by atoms with Crippen molar-refractivity contribution < 1.29 is 41.7 Å². The fraction of sp³-hybridized carbons (Fsp3) is 0.520. The van der Waals surface area contributed by atoms with Gasteiger partial charge in [0.1, 0.15) is 24.2 Å². The van der Waals surface area contributed by atoms with Gasteiger partial charge >= 0.3 is 12.2 Å². The van der Waals surface area contributed by atoms with Gasteiger partial charge in [0.05, 0.1) is 44.3 Å². The molecule has 3 fully saturated rings. The van der Waals surface area contributed by atoms with Crippen LogP contribution in [0.15, 0.2) is 24.3 Å². The van der Waals surface area contributed by atoms with Crippen LogP contribution < -0.4 is 15.0 Å². The predicted octanol–water partition coefficient (Wildman–Crippen LogP) is 3.20. The summed E-state index contributed by atoms with van der Waals surface area (Å²) in [5.74, 6) is -1.59. The number of aliphatic hydroxyl groups excluding tert-OH is 1. The Bertz CT molecular complexity index is 1190. The summed E-state index contributed by atoms with van der Waals surface area (Å²) in [6.45, 7) is 3.76. The molecule has 2 saturated heterocycles. The number of carbonyl (C=O) groups excluding carboxylic acids is 1. The third kappa shape index (κ3) is 5.36. The second-order valence-corrected chi connectivity index (χ2v) is 9.39. The van der Waals surface area contributed by atoms with Gasteiger partial charge in [-0.2, -0.15) is 18.2 Å². The van der Waals surface area contributed by atoms with E-state index in [1.807, 2.05) is 11.0 Å². The molecule has 13 heteroatoms. The van der Waals surface area contributed by atoms with Crippen molar-refractivity contribution in [2.24, 2.45) is 5.92 Å². The number of nitrogens with one attached hydrogen (secondary N) is 1. The molecule has 3 atom stereocenters. The smallest absolute Gasteiger partial charge is 0.396 e. The lowest BCUT2D eigenvalue weighted by Gasteiger charge is -2.28. The largest absolute Gasteiger partial charge is 0.475 e. The van der Waals surface area contributed by atoms with Crippen LogP contribution in [-0.2, 0) is 9.47 Å². The summed E-state index contributed by atoms with van der Waals surface area (Å²) in [6.07, 6.45) is -5.59. The summed E-state index contributed by atoms with van der Waals surface area (Å²) in [7, 11) is 0. The minimum absolute atomic E-state index is 0.0270. The van der Waals surface area contributed by atoms with Gasteiger partial charge in [0.25, 0.3) is 0 Å². The Kier molecular flexibility index (Phi) is 7.34. The lowest BCUT2D eigenvalue weighted by atomic mass is 10.00. The monoisotopic (exact) mass is 540 g/mol. The van der Waals surface area contributed by atoms with Crippen LogP contribution in [-0.4, -0.2) is 92.0 Å². The highest BCUT2D eigenvalue weighted by Crippen LogP contribution is 2.51. The summed E-state index contributed by atoms with van der Waals surface area (Å²) in [4.78, 5) is 20.6. The van der Waals surface area contributed by atoms with E-state index in [1.165, 1.54) is 12.1 Å². The quantitative estimate of drug-likeness (QED) is 0.544. The number of aliphatic hydroxyl groups is 1. The molecule has 1 aromatic carbocycles. The number of rotatable bonds is 6. The summed E-state index contributed by atoms with van der Waals surface area (Å²) >= 11 is 0. The van der Waals surface area contributed by atoms with E-state index in [4.69, 9.17) is 14.2 Å². The third-order valence-corrected chi connectivity index (χ3v) is 6.89. The number of hydrogen-bond donors (Lipinski definition) is 2. The van der Waals surface area contributed by atoms with Crippen molar-refractivity contribution in [2.75, 3.05) is 62.9 Å². The Morgan fingerprint density at radius 3 is 2.66 bits per heavy atom. The number of halogens is 4. The van der Waals surface area contributed by atoms with E-state index in [-0.39, 0.29) is 37.9 Å². The van der Waals surface area contributed by atoms with Gasteiger partial charge in [-0.1, -0.05) is 0 Å². The number of aromatic nitrogens is 1. The normalized spacial score (nSPS) is 23.2. The van der Waals surface area contributed by atoms with E-state index in [1.54, 1.807) is 13.0 Å². The van der Waals surface area contributed by atoms with Crippen molar-refractivity contribution in [1.29, 1.82) is 0 Å². The Balaban J connectivity index is 1.43. The standard InChI is InChI=1S/C25H28F4N4O5/c1-14-10-17(26)18(30-24(35)33-4-8-38-23-21(22(23)33)25(27,28)29)13-16(14)15-11-19(32-2-6-36-7-3-32)31-20(12-15)37-9-5-34/h10-13,21-23,34H,2-9H2,1H3,(H,30,35). The maximum Gasteiger partial charge on any atom is 0.396 e. The van der Waals surface area contributed by atoms with Gasteiger partial charge in [0, 0.05) is 25.7 Å². The van der Waals surface area contributed by atoms with E-state index in [9.17, 15) is 27.5 Å². The van der Waals surface area contributed by atoms with Gasteiger partial charge in [-0.05, 0) is 41.8 Å². The molecule has 3 aliphatic rings. The predicted molar refractivity (Wildman–Crippen MR) is 129 cm³/mol. The third-order valence-electron chi connectivity index (χ3n) is 6.89. The van der Waals surface area contributed by atoms with Crippen molar-refractivity contribution in [2.45, 2.75) is 25.2 Å². The van der Waals surface area contributed by atoms with E-state index < -0.39 is 36.1 Å². The first kappa shape index (κ1) is 26.4.